The highest BCUT2D eigenvalue weighted by Gasteiger charge is 2.30. The van der Waals surface area contributed by atoms with E-state index in [0.717, 1.165) is 75.4 Å². The maximum Gasteiger partial charge on any atom is 0.300 e. The van der Waals surface area contributed by atoms with Gasteiger partial charge in [0.05, 0.1) is 22.1 Å². The van der Waals surface area contributed by atoms with Crippen LogP contribution in [0.3, 0.4) is 0 Å². The lowest BCUT2D eigenvalue weighted by Crippen LogP contribution is -2.49. The Hall–Kier alpha value is -3.51. The van der Waals surface area contributed by atoms with Gasteiger partial charge >= 0.3 is 0 Å². The molecule has 3 heterocycles. The molecule has 2 aliphatic rings. The Balaban J connectivity index is 0.000000906. The fourth-order valence-electron chi connectivity index (χ4n) is 6.00. The number of nitrogens with one attached hydrogen (secondary N) is 1. The van der Waals surface area contributed by atoms with Crippen LogP contribution in [0.5, 0.6) is 0 Å². The van der Waals surface area contributed by atoms with Gasteiger partial charge in [-0.25, -0.2) is 19.0 Å². The molecule has 0 atom stereocenters. The van der Waals surface area contributed by atoms with E-state index in [1.165, 1.54) is 12.4 Å². The third-order valence-electron chi connectivity index (χ3n) is 8.34. The quantitative estimate of drug-likeness (QED) is 0.234. The number of nitrogens with zero attached hydrogens (tertiary/aromatic N) is 6. The van der Waals surface area contributed by atoms with E-state index in [1.54, 1.807) is 12.1 Å². The number of carboxylic acid groups (broad SMARTS) is 1. The largest absolute Gasteiger partial charge is 0.481 e. The van der Waals surface area contributed by atoms with Crippen molar-refractivity contribution >= 4 is 51.7 Å². The SMILES string of the molecule is CC(=O)O.CN1CCN(C2CCC(n3nc(-c4ccc(NCc5c(F)cccc5Cl)c(Cl)c4)c4c(N)ncnc43)CC2)CC1. The lowest BCUT2D eigenvalue weighted by molar-refractivity contribution is -0.134. The molecule has 4 N–H and O–H groups in total. The molecule has 2 fully saturated rings. The number of aromatic nitrogens is 4. The Morgan fingerprint density at radius 3 is 2.39 bits per heavy atom. The second-order valence-electron chi connectivity index (χ2n) is 11.3. The van der Waals surface area contributed by atoms with E-state index >= 15 is 0 Å². The average Bonchev–Trinajstić information content (AvgIpc) is 3.39. The first-order chi connectivity index (χ1) is 21.1. The number of benzene rings is 2. The number of carboxylic acids is 1. The fraction of sp³-hybridized carbons (Fsp3) is 0.419. The molecule has 6 rings (SSSR count). The molecule has 0 amide bonds. The Morgan fingerprint density at radius 1 is 1.05 bits per heavy atom. The van der Waals surface area contributed by atoms with Crippen LogP contribution in [0.4, 0.5) is 15.9 Å². The summed E-state index contributed by atoms with van der Waals surface area (Å²) >= 11 is 12.9. The average molecular weight is 644 g/mol. The maximum atomic E-state index is 14.2. The molecule has 1 saturated carbocycles. The van der Waals surface area contributed by atoms with Crippen LogP contribution in [0.15, 0.2) is 42.7 Å². The van der Waals surface area contributed by atoms with Crippen molar-refractivity contribution in [1.29, 1.82) is 0 Å². The highest BCUT2D eigenvalue weighted by atomic mass is 35.5. The Kier molecular flexibility index (Phi) is 10.2. The first-order valence-electron chi connectivity index (χ1n) is 14.7. The number of likely N-dealkylation sites (N-methyl/N-ethyl adjacent to an activating group) is 1. The van der Waals surface area contributed by atoms with Crippen LogP contribution in [0.1, 0.15) is 44.2 Å². The van der Waals surface area contributed by atoms with E-state index in [9.17, 15) is 4.39 Å². The normalized spacial score (nSPS) is 19.4. The number of aliphatic carboxylic acids is 1. The predicted octanol–water partition coefficient (Wildman–Crippen LogP) is 5.96. The van der Waals surface area contributed by atoms with Gasteiger partial charge in [-0.2, -0.15) is 5.10 Å². The van der Waals surface area contributed by atoms with Gasteiger partial charge in [-0.15, -0.1) is 0 Å². The van der Waals surface area contributed by atoms with Gasteiger partial charge in [-0.3, -0.25) is 9.69 Å². The number of hydrogen-bond acceptors (Lipinski definition) is 8. The van der Waals surface area contributed by atoms with Gasteiger partial charge in [0, 0.05) is 61.8 Å². The summed E-state index contributed by atoms with van der Waals surface area (Å²) in [5, 5.41) is 17.2. The van der Waals surface area contributed by atoms with E-state index in [2.05, 4.69) is 32.1 Å². The number of fused-ring (bicyclic) bond motifs is 1. The minimum absolute atomic E-state index is 0.208. The van der Waals surface area contributed by atoms with Crippen molar-refractivity contribution in [3.63, 3.8) is 0 Å². The lowest BCUT2D eigenvalue weighted by atomic mass is 9.90. The third-order valence-corrected chi connectivity index (χ3v) is 9.01. The van der Waals surface area contributed by atoms with E-state index in [4.69, 9.17) is 43.9 Å². The highest BCUT2D eigenvalue weighted by molar-refractivity contribution is 6.33. The molecular formula is C31H37Cl2FN8O2. The van der Waals surface area contributed by atoms with Crippen molar-refractivity contribution in [3.8, 4) is 11.3 Å². The monoisotopic (exact) mass is 642 g/mol. The maximum absolute atomic E-state index is 14.2. The second-order valence-corrected chi connectivity index (χ2v) is 12.1. The predicted molar refractivity (Wildman–Crippen MR) is 173 cm³/mol. The number of rotatable bonds is 6. The smallest absolute Gasteiger partial charge is 0.300 e. The summed E-state index contributed by atoms with van der Waals surface area (Å²) in [5.74, 6) is -0.803. The van der Waals surface area contributed by atoms with Gasteiger partial charge in [0.15, 0.2) is 5.65 Å². The van der Waals surface area contributed by atoms with Crippen molar-refractivity contribution in [2.45, 2.75) is 51.2 Å². The van der Waals surface area contributed by atoms with Gasteiger partial charge in [-0.05, 0) is 57.0 Å². The number of piperazine rings is 1. The fourth-order valence-corrected chi connectivity index (χ4v) is 6.47. The molecular weight excluding hydrogens is 606 g/mol. The number of carbonyl (C=O) groups is 1. The van der Waals surface area contributed by atoms with Crippen LogP contribution < -0.4 is 11.1 Å². The molecule has 1 aliphatic heterocycles. The summed E-state index contributed by atoms with van der Waals surface area (Å²) < 4.78 is 16.3. The zero-order valence-electron chi connectivity index (χ0n) is 24.8. The van der Waals surface area contributed by atoms with E-state index < -0.39 is 5.97 Å². The molecule has 0 radical (unpaired) electrons. The number of nitrogen functional groups attached to an aromatic ring is 1. The van der Waals surface area contributed by atoms with E-state index in [-0.39, 0.29) is 18.4 Å². The Bertz CT molecular complexity index is 1590. The highest BCUT2D eigenvalue weighted by Crippen LogP contribution is 2.38. The van der Waals surface area contributed by atoms with Gasteiger partial charge in [0.25, 0.3) is 5.97 Å². The van der Waals surface area contributed by atoms with Crippen molar-refractivity contribution in [2.24, 2.45) is 0 Å². The molecule has 1 aliphatic carbocycles. The van der Waals surface area contributed by atoms with Crippen LogP contribution in [0.25, 0.3) is 22.3 Å². The lowest BCUT2D eigenvalue weighted by Gasteiger charge is -2.41. The Morgan fingerprint density at radius 2 is 1.73 bits per heavy atom. The third kappa shape index (κ3) is 7.23. The van der Waals surface area contributed by atoms with Gasteiger partial charge in [-0.1, -0.05) is 35.3 Å². The van der Waals surface area contributed by atoms with Crippen LogP contribution in [0, 0.1) is 5.82 Å². The molecule has 0 spiro atoms. The molecule has 2 aromatic heterocycles. The zero-order chi connectivity index (χ0) is 31.4. The van der Waals surface area contributed by atoms with Crippen molar-refractivity contribution in [2.75, 3.05) is 44.3 Å². The Labute approximate surface area is 266 Å². The van der Waals surface area contributed by atoms with E-state index in [0.29, 0.717) is 38.8 Å². The van der Waals surface area contributed by atoms with Crippen LogP contribution >= 0.6 is 23.2 Å². The van der Waals surface area contributed by atoms with Gasteiger partial charge in [0.1, 0.15) is 23.7 Å². The minimum atomic E-state index is -0.833. The molecule has 10 nitrogen and oxygen atoms in total. The summed E-state index contributed by atoms with van der Waals surface area (Å²) in [6.45, 7) is 5.85. The first kappa shape index (κ1) is 31.9. The van der Waals surface area contributed by atoms with Crippen molar-refractivity contribution in [1.82, 2.24) is 29.5 Å². The van der Waals surface area contributed by atoms with Crippen molar-refractivity contribution in [3.05, 3.63) is 64.2 Å². The summed E-state index contributed by atoms with van der Waals surface area (Å²) in [7, 11) is 2.20. The molecule has 0 bridgehead atoms. The molecule has 1 saturated heterocycles. The molecule has 13 heteroatoms. The topological polar surface area (TPSA) is 125 Å². The summed E-state index contributed by atoms with van der Waals surface area (Å²) in [5.41, 5.74) is 9.70. The molecule has 4 aromatic rings. The first-order valence-corrected chi connectivity index (χ1v) is 15.5. The number of nitrogens with two attached hydrogens (primary N) is 1. The van der Waals surface area contributed by atoms with Crippen molar-refractivity contribution < 1.29 is 14.3 Å². The van der Waals surface area contributed by atoms with Crippen LogP contribution in [-0.2, 0) is 11.3 Å². The van der Waals surface area contributed by atoms with Crippen LogP contribution in [-0.4, -0.2) is 79.9 Å². The number of anilines is 2. The van der Waals surface area contributed by atoms with Gasteiger partial charge < -0.3 is 21.1 Å². The van der Waals surface area contributed by atoms with E-state index in [1.807, 2.05) is 22.9 Å². The number of halogens is 3. The standard InChI is InChI=1S/C29H33Cl2FN8.C2H4O2/c1-38-11-13-39(14-12-38)19-6-8-20(9-7-19)40-29-26(28(33)35-17-36-29)27(37-40)18-5-10-25(23(31)15-18)34-16-21-22(30)3-2-4-24(21)32;1-2(3)4/h2-5,10,15,17,19-20,34H,6-9,11-14,16H2,1H3,(H2,33,35,36);1H3,(H,3,4). The summed E-state index contributed by atoms with van der Waals surface area (Å²) in [6, 6.07) is 11.1. The molecule has 2 aromatic carbocycles. The minimum Gasteiger partial charge on any atom is -0.481 e. The van der Waals surface area contributed by atoms with Crippen LogP contribution in [0.2, 0.25) is 10.0 Å². The zero-order valence-corrected chi connectivity index (χ0v) is 26.3. The second kappa shape index (κ2) is 14.1. The van der Waals surface area contributed by atoms with Gasteiger partial charge in [0.2, 0.25) is 0 Å². The molecule has 234 valence electrons. The summed E-state index contributed by atoms with van der Waals surface area (Å²) in [6.07, 6.45) is 5.87. The molecule has 0 unspecified atom stereocenters. The number of hydrogen-bond donors (Lipinski definition) is 3. The summed E-state index contributed by atoms with van der Waals surface area (Å²) in [4.78, 5) is 22.9. The molecule has 44 heavy (non-hydrogen) atoms.